The Balaban J connectivity index is 1.21. The summed E-state index contributed by atoms with van der Waals surface area (Å²) in [5.74, 6) is 3.26. The zero-order valence-corrected chi connectivity index (χ0v) is 28.6. The van der Waals surface area contributed by atoms with E-state index in [4.69, 9.17) is 4.42 Å². The van der Waals surface area contributed by atoms with Crippen molar-refractivity contribution < 1.29 is 4.42 Å². The first-order chi connectivity index (χ1) is 24.5. The van der Waals surface area contributed by atoms with Gasteiger partial charge in [-0.2, -0.15) is 0 Å². The van der Waals surface area contributed by atoms with Crippen molar-refractivity contribution >= 4 is 39.0 Å². The molecule has 13 rings (SSSR count). The molecule has 5 atom stereocenters. The standard InChI is InChI=1S/C48H39NO/c1-47(2)35-16-6-3-12-31(35)32-15-9-21-41(46(32)47)49(40-20-11-23-43-45(40)34-14-5-8-22-42(34)50-43)39-19-10-18-37-44(39)33-13-4-7-17-36(33)48(37)30-25-28-24-29(27-30)38(48)26-28/h3-23,28-30,38H,24-27H2,1-2H3. The van der Waals surface area contributed by atoms with Gasteiger partial charge in [0, 0.05) is 21.8 Å². The Morgan fingerprint density at radius 3 is 2.14 bits per heavy atom. The highest BCUT2D eigenvalue weighted by Gasteiger charge is 2.66. The van der Waals surface area contributed by atoms with Gasteiger partial charge in [-0.15, -0.1) is 0 Å². The lowest BCUT2D eigenvalue weighted by molar-refractivity contribution is 0.191. The molecule has 6 aromatic carbocycles. The first-order valence-electron chi connectivity index (χ1n) is 18.7. The minimum atomic E-state index is -0.173. The second-order valence-corrected chi connectivity index (χ2v) is 16.4. The fraction of sp³-hybridized carbons (Fsp3) is 0.250. The molecule has 7 aromatic rings. The van der Waals surface area contributed by atoms with Gasteiger partial charge in [-0.1, -0.05) is 111 Å². The van der Waals surface area contributed by atoms with Crippen molar-refractivity contribution in [2.45, 2.75) is 50.4 Å². The van der Waals surface area contributed by atoms with Crippen LogP contribution in [0, 0.1) is 23.7 Å². The molecular weight excluding hydrogens is 607 g/mol. The lowest BCUT2D eigenvalue weighted by atomic mass is 9.59. The van der Waals surface area contributed by atoms with Gasteiger partial charge < -0.3 is 9.32 Å². The molecule has 50 heavy (non-hydrogen) atoms. The molecule has 0 amide bonds. The molecule has 1 spiro atoms. The highest BCUT2D eigenvalue weighted by Crippen LogP contribution is 2.74. The Morgan fingerprint density at radius 1 is 0.560 bits per heavy atom. The van der Waals surface area contributed by atoms with Crippen LogP contribution in [-0.2, 0) is 10.8 Å². The monoisotopic (exact) mass is 645 g/mol. The molecule has 4 fully saturated rings. The van der Waals surface area contributed by atoms with Crippen LogP contribution in [0.25, 0.3) is 44.2 Å². The predicted molar refractivity (Wildman–Crippen MR) is 205 cm³/mol. The lowest BCUT2D eigenvalue weighted by Crippen LogP contribution is -2.40. The Morgan fingerprint density at radius 2 is 1.24 bits per heavy atom. The summed E-state index contributed by atoms with van der Waals surface area (Å²) in [6.07, 6.45) is 5.60. The van der Waals surface area contributed by atoms with Crippen molar-refractivity contribution in [3.63, 3.8) is 0 Å². The maximum atomic E-state index is 6.56. The summed E-state index contributed by atoms with van der Waals surface area (Å²) in [6.45, 7) is 4.83. The molecule has 0 aliphatic heterocycles. The first-order valence-corrected chi connectivity index (χ1v) is 18.7. The largest absolute Gasteiger partial charge is 0.456 e. The van der Waals surface area contributed by atoms with E-state index in [2.05, 4.69) is 146 Å². The van der Waals surface area contributed by atoms with E-state index in [0.29, 0.717) is 0 Å². The molecular formula is C48H39NO. The van der Waals surface area contributed by atoms with Gasteiger partial charge in [0.15, 0.2) is 0 Å². The third kappa shape index (κ3) is 3.18. The van der Waals surface area contributed by atoms with Crippen molar-refractivity contribution in [1.29, 1.82) is 0 Å². The third-order valence-corrected chi connectivity index (χ3v) is 14.0. The fourth-order valence-corrected chi connectivity index (χ4v) is 12.5. The molecule has 4 bridgehead atoms. The van der Waals surface area contributed by atoms with Crippen LogP contribution in [0.3, 0.4) is 0 Å². The number of furan rings is 1. The quantitative estimate of drug-likeness (QED) is 0.190. The Hall–Kier alpha value is -5.08. The zero-order chi connectivity index (χ0) is 32.9. The van der Waals surface area contributed by atoms with Gasteiger partial charge in [-0.05, 0) is 119 Å². The molecule has 0 radical (unpaired) electrons. The van der Waals surface area contributed by atoms with Gasteiger partial charge in [-0.25, -0.2) is 0 Å². The van der Waals surface area contributed by atoms with E-state index in [1.807, 2.05) is 0 Å². The van der Waals surface area contributed by atoms with Crippen LogP contribution in [0.4, 0.5) is 17.1 Å². The summed E-state index contributed by atoms with van der Waals surface area (Å²) in [5, 5.41) is 2.33. The summed E-state index contributed by atoms with van der Waals surface area (Å²) < 4.78 is 6.56. The average molecular weight is 646 g/mol. The molecule has 5 unspecified atom stereocenters. The summed E-state index contributed by atoms with van der Waals surface area (Å²) in [5.41, 5.74) is 17.1. The second kappa shape index (κ2) is 9.37. The minimum Gasteiger partial charge on any atom is -0.456 e. The van der Waals surface area contributed by atoms with Gasteiger partial charge in [-0.3, -0.25) is 0 Å². The second-order valence-electron chi connectivity index (χ2n) is 16.4. The number of para-hydroxylation sites is 1. The van der Waals surface area contributed by atoms with Crippen molar-refractivity contribution in [3.05, 3.63) is 150 Å². The SMILES string of the molecule is CC1(C)c2ccccc2-c2cccc(N(c3cccc4c3-c3ccccc3C43C4CC5CC(C4)C3C5)c3cccc4oc5ccccc5c34)c21. The number of anilines is 3. The zero-order valence-electron chi connectivity index (χ0n) is 28.6. The van der Waals surface area contributed by atoms with Crippen LogP contribution in [-0.4, -0.2) is 0 Å². The Bertz CT molecular complexity index is 2580. The van der Waals surface area contributed by atoms with E-state index >= 15 is 0 Å². The van der Waals surface area contributed by atoms with Gasteiger partial charge >= 0.3 is 0 Å². The van der Waals surface area contributed by atoms with Gasteiger partial charge in [0.05, 0.1) is 22.4 Å². The maximum Gasteiger partial charge on any atom is 0.137 e. The summed E-state index contributed by atoms with van der Waals surface area (Å²) >= 11 is 0. The molecule has 2 nitrogen and oxygen atoms in total. The summed E-state index contributed by atoms with van der Waals surface area (Å²) in [4.78, 5) is 2.63. The van der Waals surface area contributed by atoms with Crippen molar-refractivity contribution in [3.8, 4) is 22.3 Å². The molecule has 1 aromatic heterocycles. The molecule has 0 saturated heterocycles. The molecule has 2 heteroatoms. The van der Waals surface area contributed by atoms with Crippen LogP contribution in [0.15, 0.2) is 132 Å². The van der Waals surface area contributed by atoms with E-state index in [9.17, 15) is 0 Å². The highest BCUT2D eigenvalue weighted by molar-refractivity contribution is 6.14. The number of benzene rings is 6. The van der Waals surface area contributed by atoms with E-state index in [0.717, 1.165) is 40.2 Å². The number of hydrogen-bond acceptors (Lipinski definition) is 2. The lowest BCUT2D eigenvalue weighted by Gasteiger charge is -2.44. The van der Waals surface area contributed by atoms with Crippen molar-refractivity contribution in [2.75, 3.05) is 4.90 Å². The third-order valence-electron chi connectivity index (χ3n) is 14.0. The van der Waals surface area contributed by atoms with Crippen LogP contribution in [0.5, 0.6) is 0 Å². The van der Waals surface area contributed by atoms with E-state index in [1.165, 1.54) is 81.5 Å². The Kier molecular flexibility index (Phi) is 5.19. The summed E-state index contributed by atoms with van der Waals surface area (Å²) in [7, 11) is 0. The normalized spacial score (nSPS) is 25.7. The number of nitrogens with zero attached hydrogens (tertiary/aromatic N) is 1. The predicted octanol–water partition coefficient (Wildman–Crippen LogP) is 12.7. The topological polar surface area (TPSA) is 16.4 Å². The molecule has 4 saturated carbocycles. The van der Waals surface area contributed by atoms with E-state index in [1.54, 1.807) is 11.1 Å². The van der Waals surface area contributed by atoms with E-state index < -0.39 is 0 Å². The minimum absolute atomic E-state index is 0.119. The number of hydrogen-bond donors (Lipinski definition) is 0. The highest BCUT2D eigenvalue weighted by atomic mass is 16.3. The first kappa shape index (κ1) is 27.7. The van der Waals surface area contributed by atoms with Gasteiger partial charge in [0.1, 0.15) is 11.2 Å². The van der Waals surface area contributed by atoms with Crippen LogP contribution < -0.4 is 4.90 Å². The van der Waals surface area contributed by atoms with Crippen molar-refractivity contribution in [2.24, 2.45) is 23.7 Å². The van der Waals surface area contributed by atoms with E-state index in [-0.39, 0.29) is 10.8 Å². The van der Waals surface area contributed by atoms with Gasteiger partial charge in [0.2, 0.25) is 0 Å². The van der Waals surface area contributed by atoms with Crippen LogP contribution in [0.2, 0.25) is 0 Å². The van der Waals surface area contributed by atoms with Gasteiger partial charge in [0.25, 0.3) is 0 Å². The smallest absolute Gasteiger partial charge is 0.137 e. The fourth-order valence-electron chi connectivity index (χ4n) is 12.5. The Labute approximate surface area is 293 Å². The molecule has 242 valence electrons. The maximum absolute atomic E-state index is 6.56. The molecule has 6 aliphatic carbocycles. The molecule has 0 N–H and O–H groups in total. The molecule has 1 heterocycles. The van der Waals surface area contributed by atoms with Crippen LogP contribution in [0.1, 0.15) is 61.8 Å². The van der Waals surface area contributed by atoms with Crippen LogP contribution >= 0.6 is 0 Å². The number of fused-ring (bicyclic) bond motifs is 9. The summed E-state index contributed by atoms with van der Waals surface area (Å²) in [6, 6.07) is 48.1. The average Bonchev–Trinajstić information content (AvgIpc) is 3.88. The number of rotatable bonds is 3. The molecule has 6 aliphatic rings. The van der Waals surface area contributed by atoms with Crippen molar-refractivity contribution in [1.82, 2.24) is 0 Å².